The van der Waals surface area contributed by atoms with Gasteiger partial charge in [0, 0.05) is 25.2 Å². The Balaban J connectivity index is 1.13. The minimum atomic E-state index is 0.102. The average Bonchev–Trinajstić information content (AvgIpc) is 3.54. The van der Waals surface area contributed by atoms with Gasteiger partial charge in [0.05, 0.1) is 10.7 Å². The summed E-state index contributed by atoms with van der Waals surface area (Å²) < 4.78 is 2.64. The van der Waals surface area contributed by atoms with Crippen LogP contribution in [0.5, 0.6) is 0 Å². The van der Waals surface area contributed by atoms with E-state index in [2.05, 4.69) is 73.0 Å². The number of nitrogens with one attached hydrogen (secondary N) is 2. The zero-order valence-corrected chi connectivity index (χ0v) is 18.4. The predicted molar refractivity (Wildman–Crippen MR) is 124 cm³/mol. The Kier molecular flexibility index (Phi) is 5.42. The van der Waals surface area contributed by atoms with Gasteiger partial charge in [0.1, 0.15) is 5.82 Å². The van der Waals surface area contributed by atoms with Gasteiger partial charge in [-0.25, -0.2) is 4.98 Å². The number of aromatic nitrogens is 3. The number of rotatable bonds is 7. The Morgan fingerprint density at radius 1 is 1.03 bits per heavy atom. The van der Waals surface area contributed by atoms with E-state index in [-0.39, 0.29) is 11.8 Å². The Morgan fingerprint density at radius 3 is 2.55 bits per heavy atom. The maximum atomic E-state index is 12.5. The van der Waals surface area contributed by atoms with E-state index in [0.717, 1.165) is 33.5 Å². The van der Waals surface area contributed by atoms with Gasteiger partial charge in [0.25, 0.3) is 0 Å². The molecule has 0 spiro atoms. The van der Waals surface area contributed by atoms with Gasteiger partial charge in [-0.15, -0.1) is 0 Å². The van der Waals surface area contributed by atoms with Gasteiger partial charge in [0.2, 0.25) is 5.91 Å². The van der Waals surface area contributed by atoms with Crippen molar-refractivity contribution in [2.75, 3.05) is 5.32 Å². The average molecular weight is 476 g/mol. The highest BCUT2D eigenvalue weighted by atomic mass is 79.9. The number of halogens is 1. The summed E-state index contributed by atoms with van der Waals surface area (Å²) in [5.41, 5.74) is 4.28. The van der Waals surface area contributed by atoms with E-state index < -0.39 is 0 Å². The smallest absolute Gasteiger partial charge is 0.224 e. The van der Waals surface area contributed by atoms with Crippen molar-refractivity contribution < 1.29 is 4.79 Å². The standard InChI is InChI=1S/C24H22BrN5O/c25-21-15-29-30-22(10-11-26-23(21)30)27-13-16-6-8-17(9-7-16)14-28-24(31)20-12-19(20)18-4-2-1-3-5-18/h1-11,15,19-20,27H,12-14H2,(H,28,31)/t19-,20+/m0/s1. The summed E-state index contributed by atoms with van der Waals surface area (Å²) in [7, 11) is 0. The number of hydrogen-bond donors (Lipinski definition) is 2. The van der Waals surface area contributed by atoms with Crippen molar-refractivity contribution in [3.8, 4) is 0 Å². The summed E-state index contributed by atoms with van der Waals surface area (Å²) in [5, 5.41) is 10.8. The minimum absolute atomic E-state index is 0.102. The molecule has 0 radical (unpaired) electrons. The molecule has 2 aromatic carbocycles. The Morgan fingerprint density at radius 2 is 1.77 bits per heavy atom. The van der Waals surface area contributed by atoms with Gasteiger partial charge in [-0.3, -0.25) is 4.79 Å². The van der Waals surface area contributed by atoms with Crippen LogP contribution >= 0.6 is 15.9 Å². The first-order valence-electron chi connectivity index (χ1n) is 10.3. The molecule has 31 heavy (non-hydrogen) atoms. The first-order valence-corrected chi connectivity index (χ1v) is 11.1. The maximum absolute atomic E-state index is 12.5. The number of nitrogens with zero attached hydrogens (tertiary/aromatic N) is 3. The summed E-state index contributed by atoms with van der Waals surface area (Å²) in [6.45, 7) is 1.22. The topological polar surface area (TPSA) is 71.3 Å². The number of benzene rings is 2. The second-order valence-corrected chi connectivity index (χ2v) is 8.66. The van der Waals surface area contributed by atoms with Crippen LogP contribution in [-0.4, -0.2) is 20.5 Å². The molecule has 5 rings (SSSR count). The fourth-order valence-corrected chi connectivity index (χ4v) is 4.20. The quantitative estimate of drug-likeness (QED) is 0.412. The fraction of sp³-hybridized carbons (Fsp3) is 0.208. The van der Waals surface area contributed by atoms with Gasteiger partial charge in [-0.05, 0) is 51.0 Å². The predicted octanol–water partition coefficient (Wildman–Crippen LogP) is 4.52. The molecule has 1 aliphatic carbocycles. The number of carbonyl (C=O) groups is 1. The van der Waals surface area contributed by atoms with Crippen molar-refractivity contribution in [2.45, 2.75) is 25.4 Å². The van der Waals surface area contributed by atoms with Crippen LogP contribution in [0.3, 0.4) is 0 Å². The first kappa shape index (κ1) is 19.8. The number of amides is 1. The number of hydrogen-bond acceptors (Lipinski definition) is 4. The Hall–Kier alpha value is -3.19. The summed E-state index contributed by atoms with van der Waals surface area (Å²) in [4.78, 5) is 16.8. The molecule has 6 nitrogen and oxygen atoms in total. The van der Waals surface area contributed by atoms with Crippen LogP contribution in [0.2, 0.25) is 0 Å². The summed E-state index contributed by atoms with van der Waals surface area (Å²) in [5.74, 6) is 1.49. The Labute approximate surface area is 188 Å². The summed E-state index contributed by atoms with van der Waals surface area (Å²) >= 11 is 3.45. The molecule has 2 heterocycles. The first-order chi connectivity index (χ1) is 15.2. The van der Waals surface area contributed by atoms with Gasteiger partial charge < -0.3 is 10.6 Å². The van der Waals surface area contributed by atoms with Crippen molar-refractivity contribution in [1.82, 2.24) is 19.9 Å². The molecule has 1 saturated carbocycles. The lowest BCUT2D eigenvalue weighted by Gasteiger charge is -2.09. The van der Waals surface area contributed by atoms with Crippen LogP contribution in [0.1, 0.15) is 29.0 Å². The highest BCUT2D eigenvalue weighted by molar-refractivity contribution is 9.10. The zero-order chi connectivity index (χ0) is 21.2. The van der Waals surface area contributed by atoms with Crippen molar-refractivity contribution in [3.63, 3.8) is 0 Å². The minimum Gasteiger partial charge on any atom is -0.366 e. The van der Waals surface area contributed by atoms with Crippen LogP contribution < -0.4 is 10.6 Å². The molecule has 0 unspecified atom stereocenters. The normalized spacial score (nSPS) is 17.5. The van der Waals surface area contributed by atoms with Gasteiger partial charge in [-0.2, -0.15) is 9.61 Å². The molecule has 1 aliphatic rings. The largest absolute Gasteiger partial charge is 0.366 e. The van der Waals surface area contributed by atoms with E-state index in [1.54, 1.807) is 16.9 Å². The van der Waals surface area contributed by atoms with E-state index in [4.69, 9.17) is 0 Å². The molecule has 1 amide bonds. The van der Waals surface area contributed by atoms with Gasteiger partial charge in [0.15, 0.2) is 5.65 Å². The monoisotopic (exact) mass is 475 g/mol. The molecule has 7 heteroatoms. The molecule has 2 atom stereocenters. The Bertz CT molecular complexity index is 1210. The molecule has 1 fully saturated rings. The van der Waals surface area contributed by atoms with Crippen LogP contribution in [0, 0.1) is 5.92 Å². The zero-order valence-electron chi connectivity index (χ0n) is 16.8. The lowest BCUT2D eigenvalue weighted by Crippen LogP contribution is -2.24. The van der Waals surface area contributed by atoms with E-state index in [1.807, 2.05) is 24.3 Å². The fourth-order valence-electron chi connectivity index (χ4n) is 3.84. The number of carbonyl (C=O) groups excluding carboxylic acids is 1. The van der Waals surface area contributed by atoms with Crippen molar-refractivity contribution in [3.05, 3.63) is 94.2 Å². The number of anilines is 1. The molecule has 0 bridgehead atoms. The van der Waals surface area contributed by atoms with Crippen molar-refractivity contribution in [1.29, 1.82) is 0 Å². The van der Waals surface area contributed by atoms with Crippen LogP contribution in [-0.2, 0) is 17.9 Å². The molecule has 156 valence electrons. The van der Waals surface area contributed by atoms with Crippen LogP contribution in [0.15, 0.2) is 77.5 Å². The summed E-state index contributed by atoms with van der Waals surface area (Å²) in [6.07, 6.45) is 4.44. The molecule has 2 N–H and O–H groups in total. The van der Waals surface area contributed by atoms with Gasteiger partial charge >= 0.3 is 0 Å². The molecule has 0 saturated heterocycles. The lowest BCUT2D eigenvalue weighted by molar-refractivity contribution is -0.122. The van der Waals surface area contributed by atoms with E-state index in [1.165, 1.54) is 5.56 Å². The van der Waals surface area contributed by atoms with E-state index in [9.17, 15) is 4.79 Å². The van der Waals surface area contributed by atoms with E-state index in [0.29, 0.717) is 19.0 Å². The SMILES string of the molecule is O=C(NCc1ccc(CNc2ccnc3c(Br)cnn23)cc1)[C@@H]1C[C@H]1c1ccccc1. The van der Waals surface area contributed by atoms with Crippen molar-refractivity contribution >= 4 is 33.3 Å². The van der Waals surface area contributed by atoms with Crippen LogP contribution in [0.25, 0.3) is 5.65 Å². The van der Waals surface area contributed by atoms with Gasteiger partial charge in [-0.1, -0.05) is 54.6 Å². The molecule has 2 aromatic heterocycles. The number of fused-ring (bicyclic) bond motifs is 1. The highest BCUT2D eigenvalue weighted by Gasteiger charge is 2.43. The second kappa shape index (κ2) is 8.51. The third-order valence-corrected chi connectivity index (χ3v) is 6.24. The second-order valence-electron chi connectivity index (χ2n) is 7.81. The third kappa shape index (κ3) is 4.32. The molecule has 0 aliphatic heterocycles. The molecular formula is C24H22BrN5O. The van der Waals surface area contributed by atoms with Crippen LogP contribution in [0.4, 0.5) is 5.82 Å². The highest BCUT2D eigenvalue weighted by Crippen LogP contribution is 2.47. The van der Waals surface area contributed by atoms with Crippen molar-refractivity contribution in [2.24, 2.45) is 5.92 Å². The maximum Gasteiger partial charge on any atom is 0.224 e. The summed E-state index contributed by atoms with van der Waals surface area (Å²) in [6, 6.07) is 20.5. The van der Waals surface area contributed by atoms with E-state index >= 15 is 0 Å². The molecule has 4 aromatic rings. The third-order valence-electron chi connectivity index (χ3n) is 5.68. The molecular weight excluding hydrogens is 454 g/mol. The lowest BCUT2D eigenvalue weighted by atomic mass is 10.1.